The van der Waals surface area contributed by atoms with Gasteiger partial charge in [-0.15, -0.1) is 0 Å². The number of nitrogens with zero attached hydrogens (tertiary/aromatic N) is 2. The molecule has 2 aromatic carbocycles. The van der Waals surface area contributed by atoms with Crippen molar-refractivity contribution in [2.75, 3.05) is 32.8 Å². The molecule has 0 atom stereocenters. The van der Waals surface area contributed by atoms with E-state index in [0.29, 0.717) is 30.2 Å². The number of amides is 2. The molecule has 0 saturated carbocycles. The average molecular weight is 401 g/mol. The Kier molecular flexibility index (Phi) is 8.29. The van der Waals surface area contributed by atoms with Gasteiger partial charge in [0.1, 0.15) is 23.8 Å². The molecule has 0 radical (unpaired) electrons. The molecule has 0 spiro atoms. The Bertz CT molecular complexity index is 813. The lowest BCUT2D eigenvalue weighted by Crippen LogP contribution is -2.38. The van der Waals surface area contributed by atoms with E-state index < -0.39 is 6.09 Å². The predicted octanol–water partition coefficient (Wildman–Crippen LogP) is 2.96. The van der Waals surface area contributed by atoms with E-state index >= 15 is 0 Å². The Balaban J connectivity index is 1.81. The second kappa shape index (κ2) is 10.9. The van der Waals surface area contributed by atoms with Crippen LogP contribution in [0.3, 0.4) is 0 Å². The summed E-state index contributed by atoms with van der Waals surface area (Å²) in [6.45, 7) is 0.567. The molecule has 8 heteroatoms. The molecular formula is C21H27N3O5. The average Bonchev–Trinajstić information content (AvgIpc) is 2.76. The van der Waals surface area contributed by atoms with Crippen LogP contribution in [0, 0.1) is 0 Å². The smallest absolute Gasteiger partial charge is 0.409 e. The lowest BCUT2D eigenvalue weighted by molar-refractivity contribution is -0.118. The fourth-order valence-electron chi connectivity index (χ4n) is 2.63. The van der Waals surface area contributed by atoms with Crippen LogP contribution >= 0.6 is 0 Å². The highest BCUT2D eigenvalue weighted by atomic mass is 16.6. The number of rotatable bonds is 9. The molecule has 0 heterocycles. The zero-order chi connectivity index (χ0) is 21.2. The van der Waals surface area contributed by atoms with E-state index in [9.17, 15) is 9.59 Å². The molecule has 2 amide bonds. The molecule has 0 aromatic heterocycles. The van der Waals surface area contributed by atoms with Gasteiger partial charge in [-0.05, 0) is 24.1 Å². The first kappa shape index (κ1) is 22.0. The van der Waals surface area contributed by atoms with E-state index in [-0.39, 0.29) is 18.9 Å². The van der Waals surface area contributed by atoms with E-state index in [2.05, 4.69) is 0 Å². The highest BCUT2D eigenvalue weighted by Crippen LogP contribution is 2.31. The number of ether oxygens (including phenoxy) is 3. The highest BCUT2D eigenvalue weighted by Gasteiger charge is 2.18. The van der Waals surface area contributed by atoms with Gasteiger partial charge in [0.15, 0.2) is 0 Å². The molecule has 0 saturated heterocycles. The van der Waals surface area contributed by atoms with Gasteiger partial charge in [-0.2, -0.15) is 0 Å². The Morgan fingerprint density at radius 2 is 1.76 bits per heavy atom. The molecule has 29 heavy (non-hydrogen) atoms. The Morgan fingerprint density at radius 1 is 1.03 bits per heavy atom. The number of methoxy groups -OCH3 is 2. The molecule has 2 rings (SSSR count). The third-order valence-corrected chi connectivity index (χ3v) is 4.32. The summed E-state index contributed by atoms with van der Waals surface area (Å²) in [5.41, 5.74) is 1.32. The number of hydrazine groups is 1. The summed E-state index contributed by atoms with van der Waals surface area (Å²) in [7, 11) is 4.66. The van der Waals surface area contributed by atoms with Gasteiger partial charge in [-0.25, -0.2) is 15.6 Å². The third kappa shape index (κ3) is 6.39. The SMILES string of the molecule is COc1ccc(OC)c(N(N)C(=O)CCCN(C)C(=O)OCc2ccccc2)c1. The summed E-state index contributed by atoms with van der Waals surface area (Å²) in [5, 5.41) is 1.04. The molecule has 8 nitrogen and oxygen atoms in total. The molecule has 0 bridgehead atoms. The van der Waals surface area contributed by atoms with Crippen molar-refractivity contribution in [1.29, 1.82) is 0 Å². The maximum atomic E-state index is 12.4. The summed E-state index contributed by atoms with van der Waals surface area (Å²) in [5.74, 6) is 6.69. The van der Waals surface area contributed by atoms with Crippen molar-refractivity contribution in [3.63, 3.8) is 0 Å². The Hall–Kier alpha value is -3.26. The monoisotopic (exact) mass is 401 g/mol. The Labute approximate surface area is 170 Å². The van der Waals surface area contributed by atoms with Crippen LogP contribution in [-0.4, -0.2) is 44.7 Å². The number of hydrogen-bond donors (Lipinski definition) is 1. The van der Waals surface area contributed by atoms with Crippen LogP contribution < -0.4 is 20.3 Å². The van der Waals surface area contributed by atoms with Gasteiger partial charge in [0.25, 0.3) is 0 Å². The lowest BCUT2D eigenvalue weighted by Gasteiger charge is -2.21. The van der Waals surface area contributed by atoms with Gasteiger partial charge >= 0.3 is 6.09 Å². The lowest BCUT2D eigenvalue weighted by atomic mass is 10.2. The summed E-state index contributed by atoms with van der Waals surface area (Å²) >= 11 is 0. The standard InChI is InChI=1S/C21H27N3O5/c1-23(21(26)29-15-16-8-5-4-6-9-16)13-7-10-20(25)24(22)18-14-17(27-2)11-12-19(18)28-3/h4-6,8-9,11-12,14H,7,10,13,15,22H2,1-3H3. The van der Waals surface area contributed by atoms with E-state index in [1.165, 1.54) is 19.1 Å². The first-order chi connectivity index (χ1) is 14.0. The minimum absolute atomic E-state index is 0.160. The topological polar surface area (TPSA) is 94.3 Å². The van der Waals surface area contributed by atoms with Gasteiger partial charge < -0.3 is 19.1 Å². The number of hydrogen-bond acceptors (Lipinski definition) is 6. The molecule has 0 unspecified atom stereocenters. The molecule has 156 valence electrons. The van der Waals surface area contributed by atoms with Crippen LogP contribution in [0.1, 0.15) is 18.4 Å². The summed E-state index contributed by atoms with van der Waals surface area (Å²) in [6.07, 6.45) is 0.156. The van der Waals surface area contributed by atoms with Crippen LogP contribution in [-0.2, 0) is 16.1 Å². The number of nitrogens with two attached hydrogens (primary N) is 1. The van der Waals surface area contributed by atoms with Crippen molar-refractivity contribution >= 4 is 17.7 Å². The first-order valence-electron chi connectivity index (χ1n) is 9.17. The molecule has 2 N–H and O–H groups in total. The number of carbonyl (C=O) groups is 2. The van der Waals surface area contributed by atoms with Crippen molar-refractivity contribution in [3.05, 3.63) is 54.1 Å². The summed E-state index contributed by atoms with van der Waals surface area (Å²) < 4.78 is 15.7. The van der Waals surface area contributed by atoms with Gasteiger partial charge in [0, 0.05) is 26.1 Å². The van der Waals surface area contributed by atoms with Crippen molar-refractivity contribution in [3.8, 4) is 11.5 Å². The molecular weight excluding hydrogens is 374 g/mol. The van der Waals surface area contributed by atoms with Gasteiger partial charge in [0.2, 0.25) is 5.91 Å². The van der Waals surface area contributed by atoms with Crippen LogP contribution in [0.4, 0.5) is 10.5 Å². The van der Waals surface area contributed by atoms with Crippen molar-refractivity contribution < 1.29 is 23.8 Å². The fraction of sp³-hybridized carbons (Fsp3) is 0.333. The minimum atomic E-state index is -0.444. The van der Waals surface area contributed by atoms with Gasteiger partial charge in [-0.1, -0.05) is 30.3 Å². The zero-order valence-electron chi connectivity index (χ0n) is 17.0. The first-order valence-corrected chi connectivity index (χ1v) is 9.17. The largest absolute Gasteiger partial charge is 0.497 e. The number of carbonyl (C=O) groups excluding carboxylic acids is 2. The van der Waals surface area contributed by atoms with Gasteiger partial charge in [-0.3, -0.25) is 4.79 Å². The highest BCUT2D eigenvalue weighted by molar-refractivity contribution is 5.94. The molecule has 0 aliphatic carbocycles. The van der Waals surface area contributed by atoms with E-state index in [1.54, 1.807) is 25.2 Å². The van der Waals surface area contributed by atoms with E-state index in [0.717, 1.165) is 10.6 Å². The quantitative estimate of drug-likeness (QED) is 0.394. The summed E-state index contributed by atoms with van der Waals surface area (Å²) in [6, 6.07) is 14.5. The number of benzene rings is 2. The molecule has 0 fully saturated rings. The van der Waals surface area contributed by atoms with Crippen LogP contribution in [0.15, 0.2) is 48.5 Å². The minimum Gasteiger partial charge on any atom is -0.497 e. The predicted molar refractivity (Wildman–Crippen MR) is 110 cm³/mol. The summed E-state index contributed by atoms with van der Waals surface area (Å²) in [4.78, 5) is 25.9. The van der Waals surface area contributed by atoms with Crippen LogP contribution in [0.2, 0.25) is 0 Å². The molecule has 2 aromatic rings. The number of anilines is 1. The molecule has 0 aliphatic rings. The Morgan fingerprint density at radius 3 is 2.41 bits per heavy atom. The maximum Gasteiger partial charge on any atom is 0.409 e. The van der Waals surface area contributed by atoms with Crippen molar-refractivity contribution in [2.45, 2.75) is 19.4 Å². The van der Waals surface area contributed by atoms with E-state index in [4.69, 9.17) is 20.1 Å². The second-order valence-corrected chi connectivity index (χ2v) is 6.37. The van der Waals surface area contributed by atoms with Crippen LogP contribution in [0.25, 0.3) is 0 Å². The molecule has 0 aliphatic heterocycles. The zero-order valence-corrected chi connectivity index (χ0v) is 17.0. The maximum absolute atomic E-state index is 12.4. The van der Waals surface area contributed by atoms with Crippen LogP contribution in [0.5, 0.6) is 11.5 Å². The second-order valence-electron chi connectivity index (χ2n) is 6.37. The van der Waals surface area contributed by atoms with Gasteiger partial charge in [0.05, 0.1) is 14.2 Å². The van der Waals surface area contributed by atoms with Crippen molar-refractivity contribution in [2.24, 2.45) is 5.84 Å². The van der Waals surface area contributed by atoms with Crippen molar-refractivity contribution in [1.82, 2.24) is 4.90 Å². The normalized spacial score (nSPS) is 10.2. The third-order valence-electron chi connectivity index (χ3n) is 4.32. The van der Waals surface area contributed by atoms with E-state index in [1.807, 2.05) is 30.3 Å². The fourth-order valence-corrected chi connectivity index (χ4v) is 2.63.